The number of aromatic amines is 1. The topological polar surface area (TPSA) is 48.1 Å². The molecule has 2 aromatic rings. The zero-order valence-electron chi connectivity index (χ0n) is 12.3. The third kappa shape index (κ3) is 2.85. The van der Waals surface area contributed by atoms with Crippen molar-refractivity contribution in [3.8, 4) is 11.1 Å². The van der Waals surface area contributed by atoms with Crippen LogP contribution in [0.4, 0.5) is 0 Å². The van der Waals surface area contributed by atoms with Gasteiger partial charge in [0, 0.05) is 37.1 Å². The quantitative estimate of drug-likeness (QED) is 0.909. The Labute approximate surface area is 125 Å². The number of likely N-dealkylation sites (tertiary alicyclic amines) is 1. The molecule has 0 radical (unpaired) electrons. The highest BCUT2D eigenvalue weighted by molar-refractivity contribution is 6.00. The molecule has 21 heavy (non-hydrogen) atoms. The minimum atomic E-state index is 0.120. The van der Waals surface area contributed by atoms with Crippen molar-refractivity contribution in [3.05, 3.63) is 48.3 Å². The van der Waals surface area contributed by atoms with Crippen molar-refractivity contribution < 1.29 is 4.79 Å². The van der Waals surface area contributed by atoms with Gasteiger partial charge in [0.25, 0.3) is 5.91 Å². The second kappa shape index (κ2) is 6.14. The summed E-state index contributed by atoms with van der Waals surface area (Å²) in [5.74, 6) is 0.120. The van der Waals surface area contributed by atoms with E-state index < -0.39 is 0 Å². The maximum Gasteiger partial charge on any atom is 0.256 e. The van der Waals surface area contributed by atoms with E-state index in [1.807, 2.05) is 54.7 Å². The average Bonchev–Trinajstić information content (AvgIpc) is 3.04. The molecule has 1 saturated heterocycles. The number of rotatable bonds is 3. The minimum absolute atomic E-state index is 0.120. The number of carbonyl (C=O) groups excluding carboxylic acids is 1. The van der Waals surface area contributed by atoms with Crippen LogP contribution in [-0.4, -0.2) is 42.0 Å². The van der Waals surface area contributed by atoms with Crippen LogP contribution in [0.1, 0.15) is 23.2 Å². The van der Waals surface area contributed by atoms with Crippen LogP contribution in [0.2, 0.25) is 0 Å². The van der Waals surface area contributed by atoms with Crippen LogP contribution in [-0.2, 0) is 0 Å². The summed E-state index contributed by atoms with van der Waals surface area (Å²) in [6.07, 6.45) is 5.91. The lowest BCUT2D eigenvalue weighted by molar-refractivity contribution is 0.0699. The second-order valence-electron chi connectivity index (χ2n) is 5.53. The van der Waals surface area contributed by atoms with Crippen LogP contribution in [0.3, 0.4) is 0 Å². The predicted octanol–water partition coefficient (Wildman–Crippen LogP) is 2.51. The summed E-state index contributed by atoms with van der Waals surface area (Å²) in [6.45, 7) is 1.63. The minimum Gasteiger partial charge on any atom is -0.366 e. The highest BCUT2D eigenvalue weighted by Gasteiger charge is 2.25. The van der Waals surface area contributed by atoms with E-state index in [2.05, 4.69) is 10.3 Å². The van der Waals surface area contributed by atoms with Gasteiger partial charge in [-0.2, -0.15) is 0 Å². The molecule has 1 aliphatic heterocycles. The molecule has 0 aliphatic carbocycles. The van der Waals surface area contributed by atoms with Crippen molar-refractivity contribution >= 4 is 5.91 Å². The highest BCUT2D eigenvalue weighted by Crippen LogP contribution is 2.25. The molecule has 0 saturated carbocycles. The monoisotopic (exact) mass is 283 g/mol. The van der Waals surface area contributed by atoms with E-state index in [1.165, 1.54) is 0 Å². The molecule has 1 fully saturated rings. The molecule has 3 rings (SSSR count). The summed E-state index contributed by atoms with van der Waals surface area (Å²) in [5, 5.41) is 3.28. The average molecular weight is 283 g/mol. The number of benzene rings is 1. The van der Waals surface area contributed by atoms with E-state index in [9.17, 15) is 4.79 Å². The smallest absolute Gasteiger partial charge is 0.256 e. The van der Waals surface area contributed by atoms with Crippen LogP contribution in [0.25, 0.3) is 11.1 Å². The van der Waals surface area contributed by atoms with Gasteiger partial charge in [-0.1, -0.05) is 30.3 Å². The van der Waals surface area contributed by atoms with Gasteiger partial charge in [0.1, 0.15) is 0 Å². The fraction of sp³-hybridized carbons (Fsp3) is 0.353. The second-order valence-corrected chi connectivity index (χ2v) is 5.53. The van der Waals surface area contributed by atoms with E-state index in [0.717, 1.165) is 42.6 Å². The summed E-state index contributed by atoms with van der Waals surface area (Å²) >= 11 is 0. The number of hydrogen-bond acceptors (Lipinski definition) is 2. The maximum absolute atomic E-state index is 12.8. The molecular weight excluding hydrogens is 262 g/mol. The zero-order chi connectivity index (χ0) is 14.7. The summed E-state index contributed by atoms with van der Waals surface area (Å²) in [4.78, 5) is 17.8. The van der Waals surface area contributed by atoms with E-state index in [-0.39, 0.29) is 5.91 Å². The Morgan fingerprint density at radius 2 is 2.10 bits per heavy atom. The van der Waals surface area contributed by atoms with Gasteiger partial charge in [0.15, 0.2) is 0 Å². The highest BCUT2D eigenvalue weighted by atomic mass is 16.2. The molecule has 0 bridgehead atoms. The Morgan fingerprint density at radius 1 is 1.29 bits per heavy atom. The van der Waals surface area contributed by atoms with E-state index in [4.69, 9.17) is 0 Å². The number of H-pyrrole nitrogens is 1. The number of piperidine rings is 1. The molecule has 2 heterocycles. The molecule has 1 aromatic heterocycles. The number of carbonyl (C=O) groups is 1. The van der Waals surface area contributed by atoms with Gasteiger partial charge in [0.2, 0.25) is 0 Å². The van der Waals surface area contributed by atoms with Crippen LogP contribution >= 0.6 is 0 Å². The molecular formula is C17H21N3O. The summed E-state index contributed by atoms with van der Waals surface area (Å²) in [5.41, 5.74) is 2.81. The summed E-state index contributed by atoms with van der Waals surface area (Å²) in [7, 11) is 1.96. The van der Waals surface area contributed by atoms with Gasteiger partial charge in [-0.3, -0.25) is 4.79 Å². The van der Waals surface area contributed by atoms with Gasteiger partial charge in [-0.15, -0.1) is 0 Å². The van der Waals surface area contributed by atoms with Crippen molar-refractivity contribution in [2.75, 3.05) is 20.1 Å². The standard InChI is InChI=1S/C17H21N3O/c1-18-14-8-5-9-20(12-14)17(21)16-11-19-10-15(16)13-6-3-2-4-7-13/h2-4,6-7,10-11,14,18-19H,5,8-9,12H2,1H3. The number of likely N-dealkylation sites (N-methyl/N-ethyl adjacent to an activating group) is 1. The van der Waals surface area contributed by atoms with Gasteiger partial charge in [0.05, 0.1) is 5.56 Å². The number of hydrogen-bond donors (Lipinski definition) is 2. The third-order valence-electron chi connectivity index (χ3n) is 4.18. The number of aromatic nitrogens is 1. The number of amides is 1. The predicted molar refractivity (Wildman–Crippen MR) is 84.2 cm³/mol. The van der Waals surface area contributed by atoms with Crippen LogP contribution in [0, 0.1) is 0 Å². The Hall–Kier alpha value is -2.07. The first-order valence-corrected chi connectivity index (χ1v) is 7.48. The molecule has 1 aliphatic rings. The van der Waals surface area contributed by atoms with Crippen molar-refractivity contribution in [1.82, 2.24) is 15.2 Å². The van der Waals surface area contributed by atoms with Crippen molar-refractivity contribution in [3.63, 3.8) is 0 Å². The van der Waals surface area contributed by atoms with Crippen LogP contribution in [0.5, 0.6) is 0 Å². The van der Waals surface area contributed by atoms with Gasteiger partial charge < -0.3 is 15.2 Å². The summed E-state index contributed by atoms with van der Waals surface area (Å²) < 4.78 is 0. The summed E-state index contributed by atoms with van der Waals surface area (Å²) in [6, 6.07) is 10.4. The number of nitrogens with zero attached hydrogens (tertiary/aromatic N) is 1. The molecule has 1 aromatic carbocycles. The Morgan fingerprint density at radius 3 is 2.86 bits per heavy atom. The largest absolute Gasteiger partial charge is 0.366 e. The maximum atomic E-state index is 12.8. The fourth-order valence-corrected chi connectivity index (χ4v) is 2.96. The lowest BCUT2D eigenvalue weighted by Gasteiger charge is -2.32. The lowest BCUT2D eigenvalue weighted by atomic mass is 10.0. The first-order chi connectivity index (χ1) is 10.3. The van der Waals surface area contributed by atoms with Crippen molar-refractivity contribution in [2.24, 2.45) is 0 Å². The third-order valence-corrected chi connectivity index (χ3v) is 4.18. The van der Waals surface area contributed by atoms with Gasteiger partial charge in [-0.05, 0) is 25.5 Å². The van der Waals surface area contributed by atoms with Crippen LogP contribution in [0.15, 0.2) is 42.7 Å². The first kappa shape index (κ1) is 13.9. The molecule has 1 unspecified atom stereocenters. The molecule has 4 nitrogen and oxygen atoms in total. The molecule has 1 atom stereocenters. The van der Waals surface area contributed by atoms with E-state index >= 15 is 0 Å². The lowest BCUT2D eigenvalue weighted by Crippen LogP contribution is -2.47. The van der Waals surface area contributed by atoms with Crippen molar-refractivity contribution in [1.29, 1.82) is 0 Å². The van der Waals surface area contributed by atoms with Crippen molar-refractivity contribution in [2.45, 2.75) is 18.9 Å². The molecule has 0 spiro atoms. The molecule has 2 N–H and O–H groups in total. The normalized spacial score (nSPS) is 18.7. The van der Waals surface area contributed by atoms with Gasteiger partial charge in [-0.25, -0.2) is 0 Å². The SMILES string of the molecule is CNC1CCCN(C(=O)c2c[nH]cc2-c2ccccc2)C1. The number of nitrogens with one attached hydrogen (secondary N) is 2. The Balaban J connectivity index is 1.84. The van der Waals surface area contributed by atoms with E-state index in [0.29, 0.717) is 6.04 Å². The Bertz CT molecular complexity index is 606. The molecule has 4 heteroatoms. The zero-order valence-corrected chi connectivity index (χ0v) is 12.3. The van der Waals surface area contributed by atoms with Crippen LogP contribution < -0.4 is 5.32 Å². The van der Waals surface area contributed by atoms with E-state index in [1.54, 1.807) is 0 Å². The Kier molecular flexibility index (Phi) is 4.06. The molecule has 110 valence electrons. The fourth-order valence-electron chi connectivity index (χ4n) is 2.96. The molecule has 1 amide bonds. The van der Waals surface area contributed by atoms with Gasteiger partial charge >= 0.3 is 0 Å². The first-order valence-electron chi connectivity index (χ1n) is 7.48.